The van der Waals surface area contributed by atoms with Crippen molar-refractivity contribution >= 4 is 50.3 Å². The van der Waals surface area contributed by atoms with Gasteiger partial charge in [-0.1, -0.05) is 15.9 Å². The molecule has 0 saturated carbocycles. The van der Waals surface area contributed by atoms with Gasteiger partial charge in [-0.05, 0) is 30.3 Å². The molecule has 0 aliphatic heterocycles. The average molecular weight is 415 g/mol. The van der Waals surface area contributed by atoms with E-state index in [4.69, 9.17) is 4.42 Å². The van der Waals surface area contributed by atoms with Crippen molar-refractivity contribution in [2.24, 2.45) is 5.10 Å². The summed E-state index contributed by atoms with van der Waals surface area (Å²) in [6.07, 6.45) is 4.87. The van der Waals surface area contributed by atoms with Crippen molar-refractivity contribution in [3.63, 3.8) is 0 Å². The normalized spacial score (nSPS) is 11.4. The maximum absolute atomic E-state index is 12.1. The highest BCUT2D eigenvalue weighted by Gasteiger charge is 2.14. The quantitative estimate of drug-likeness (QED) is 0.383. The molecule has 0 radical (unpaired) electrons. The number of furan rings is 1. The molecule has 0 atom stereocenters. The van der Waals surface area contributed by atoms with Gasteiger partial charge in [-0.2, -0.15) is 5.10 Å². The Morgan fingerprint density at radius 2 is 2.32 bits per heavy atom. The Bertz CT molecular complexity index is 1070. The molecule has 0 aliphatic rings. The molecular formula is C17H11BrN4O2S. The number of carbonyl (C=O) groups is 1. The Morgan fingerprint density at radius 1 is 1.40 bits per heavy atom. The van der Waals surface area contributed by atoms with E-state index in [0.29, 0.717) is 11.5 Å². The molecule has 1 amide bonds. The third kappa shape index (κ3) is 3.26. The van der Waals surface area contributed by atoms with Crippen LogP contribution in [0.15, 0.2) is 62.2 Å². The molecular weight excluding hydrogens is 404 g/mol. The van der Waals surface area contributed by atoms with Gasteiger partial charge >= 0.3 is 0 Å². The van der Waals surface area contributed by atoms with Crippen molar-refractivity contribution in [2.45, 2.75) is 0 Å². The Hall–Kier alpha value is -2.71. The predicted octanol–water partition coefficient (Wildman–Crippen LogP) is 4.41. The van der Waals surface area contributed by atoms with E-state index in [1.165, 1.54) is 23.8 Å². The highest BCUT2D eigenvalue weighted by molar-refractivity contribution is 9.10. The van der Waals surface area contributed by atoms with Crippen LogP contribution in [0.5, 0.6) is 0 Å². The predicted molar refractivity (Wildman–Crippen MR) is 101 cm³/mol. The first kappa shape index (κ1) is 15.8. The van der Waals surface area contributed by atoms with Crippen LogP contribution in [0, 0.1) is 0 Å². The lowest BCUT2D eigenvalue weighted by Crippen LogP contribution is -2.17. The van der Waals surface area contributed by atoms with Gasteiger partial charge in [-0.15, -0.1) is 11.3 Å². The first-order chi connectivity index (χ1) is 12.2. The van der Waals surface area contributed by atoms with Crippen molar-refractivity contribution in [1.82, 2.24) is 15.4 Å². The summed E-state index contributed by atoms with van der Waals surface area (Å²) < 4.78 is 6.09. The monoisotopic (exact) mass is 414 g/mol. The van der Waals surface area contributed by atoms with Crippen molar-refractivity contribution in [2.75, 3.05) is 0 Å². The lowest BCUT2D eigenvalue weighted by Gasteiger charge is -1.96. The van der Waals surface area contributed by atoms with Gasteiger partial charge in [0, 0.05) is 32.5 Å². The molecule has 0 bridgehead atoms. The van der Waals surface area contributed by atoms with Gasteiger partial charge in [-0.25, -0.2) is 10.4 Å². The van der Waals surface area contributed by atoms with E-state index in [1.807, 2.05) is 24.4 Å². The highest BCUT2D eigenvalue weighted by atomic mass is 79.9. The molecule has 4 rings (SSSR count). The van der Waals surface area contributed by atoms with E-state index in [1.54, 1.807) is 17.5 Å². The Kier molecular flexibility index (Phi) is 4.21. The number of amides is 1. The number of benzene rings is 1. The number of halogens is 1. The Labute approximate surface area is 154 Å². The number of nitrogens with one attached hydrogen (secondary N) is 2. The standard InChI is InChI=1S/C17H11BrN4O2S/c18-10-3-4-14-12(6-10)13(8-19-14)17-21-15(9-25-17)16(23)22-20-7-11-2-1-5-24-11/h1-9,19H,(H,22,23). The zero-order valence-electron chi connectivity index (χ0n) is 12.7. The van der Waals surface area contributed by atoms with E-state index in [9.17, 15) is 4.79 Å². The van der Waals surface area contributed by atoms with E-state index in [0.717, 1.165) is 25.9 Å². The molecule has 0 unspecified atom stereocenters. The summed E-state index contributed by atoms with van der Waals surface area (Å²) in [7, 11) is 0. The van der Waals surface area contributed by atoms with E-state index >= 15 is 0 Å². The summed E-state index contributed by atoms with van der Waals surface area (Å²) in [4.78, 5) is 19.8. The minimum absolute atomic E-state index is 0.320. The number of hydrogen-bond donors (Lipinski definition) is 2. The van der Waals surface area contributed by atoms with Crippen LogP contribution in [-0.2, 0) is 0 Å². The molecule has 8 heteroatoms. The number of fused-ring (bicyclic) bond motifs is 1. The maximum Gasteiger partial charge on any atom is 0.290 e. The fourth-order valence-corrected chi connectivity index (χ4v) is 3.54. The molecule has 4 aromatic rings. The van der Waals surface area contributed by atoms with Crippen molar-refractivity contribution in [1.29, 1.82) is 0 Å². The first-order valence-corrected chi connectivity index (χ1v) is 8.97. The molecule has 1 aromatic carbocycles. The molecule has 0 spiro atoms. The minimum Gasteiger partial charge on any atom is -0.463 e. The minimum atomic E-state index is -0.369. The van der Waals surface area contributed by atoms with Crippen LogP contribution in [0.1, 0.15) is 16.2 Å². The van der Waals surface area contributed by atoms with Crippen molar-refractivity contribution in [3.05, 3.63) is 64.1 Å². The van der Waals surface area contributed by atoms with Gasteiger partial charge < -0.3 is 9.40 Å². The number of carbonyl (C=O) groups excluding carboxylic acids is 1. The smallest absolute Gasteiger partial charge is 0.290 e. The molecule has 124 valence electrons. The van der Waals surface area contributed by atoms with Gasteiger partial charge in [0.15, 0.2) is 0 Å². The van der Waals surface area contributed by atoms with Gasteiger partial charge in [0.1, 0.15) is 16.5 Å². The van der Waals surface area contributed by atoms with E-state index < -0.39 is 0 Å². The second-order valence-electron chi connectivity index (χ2n) is 5.14. The summed E-state index contributed by atoms with van der Waals surface area (Å²) >= 11 is 4.89. The SMILES string of the molecule is O=C(NN=Cc1ccco1)c1csc(-c2c[nH]c3ccc(Br)cc23)n1. The van der Waals surface area contributed by atoms with Gasteiger partial charge in [0.05, 0.1) is 12.5 Å². The second-order valence-corrected chi connectivity index (χ2v) is 6.92. The molecule has 2 N–H and O–H groups in total. The fraction of sp³-hybridized carbons (Fsp3) is 0. The average Bonchev–Trinajstić information content (AvgIpc) is 3.34. The lowest BCUT2D eigenvalue weighted by molar-refractivity contribution is 0.0951. The number of nitrogens with zero attached hydrogens (tertiary/aromatic N) is 2. The summed E-state index contributed by atoms with van der Waals surface area (Å²) in [6.45, 7) is 0. The molecule has 6 nitrogen and oxygen atoms in total. The van der Waals surface area contributed by atoms with Crippen LogP contribution in [0.25, 0.3) is 21.5 Å². The topological polar surface area (TPSA) is 83.3 Å². The van der Waals surface area contributed by atoms with Crippen LogP contribution in [0.2, 0.25) is 0 Å². The summed E-state index contributed by atoms with van der Waals surface area (Å²) in [5.74, 6) is 0.190. The van der Waals surface area contributed by atoms with Crippen LogP contribution in [0.4, 0.5) is 0 Å². The highest BCUT2D eigenvalue weighted by Crippen LogP contribution is 2.32. The zero-order chi connectivity index (χ0) is 17.2. The number of H-pyrrole nitrogens is 1. The van der Waals surface area contributed by atoms with Crippen LogP contribution in [0.3, 0.4) is 0 Å². The Morgan fingerprint density at radius 3 is 3.16 bits per heavy atom. The van der Waals surface area contributed by atoms with E-state index in [-0.39, 0.29) is 5.91 Å². The zero-order valence-corrected chi connectivity index (χ0v) is 15.1. The maximum atomic E-state index is 12.1. The Balaban J connectivity index is 1.55. The number of aromatic amines is 1. The van der Waals surface area contributed by atoms with Crippen LogP contribution >= 0.6 is 27.3 Å². The van der Waals surface area contributed by atoms with Gasteiger partial charge in [0.2, 0.25) is 0 Å². The number of thiazole rings is 1. The summed E-state index contributed by atoms with van der Waals surface area (Å²) in [5.41, 5.74) is 4.74. The van der Waals surface area contributed by atoms with Gasteiger partial charge in [-0.3, -0.25) is 4.79 Å². The third-order valence-corrected chi connectivity index (χ3v) is 4.88. The molecule has 0 saturated heterocycles. The second kappa shape index (κ2) is 6.66. The number of aromatic nitrogens is 2. The molecule has 3 heterocycles. The summed E-state index contributed by atoms with van der Waals surface area (Å²) in [6, 6.07) is 9.48. The van der Waals surface area contributed by atoms with Crippen LogP contribution < -0.4 is 5.43 Å². The molecule has 0 aliphatic carbocycles. The lowest BCUT2D eigenvalue weighted by atomic mass is 10.2. The number of hydrazone groups is 1. The molecule has 3 aromatic heterocycles. The number of rotatable bonds is 4. The first-order valence-electron chi connectivity index (χ1n) is 7.30. The van der Waals surface area contributed by atoms with Crippen molar-refractivity contribution < 1.29 is 9.21 Å². The third-order valence-electron chi connectivity index (χ3n) is 3.51. The van der Waals surface area contributed by atoms with Crippen LogP contribution in [-0.4, -0.2) is 22.1 Å². The fourth-order valence-electron chi connectivity index (χ4n) is 2.35. The van der Waals surface area contributed by atoms with Crippen molar-refractivity contribution in [3.8, 4) is 10.6 Å². The van der Waals surface area contributed by atoms with Gasteiger partial charge in [0.25, 0.3) is 5.91 Å². The molecule has 25 heavy (non-hydrogen) atoms. The van der Waals surface area contributed by atoms with E-state index in [2.05, 4.69) is 36.4 Å². The number of hydrogen-bond acceptors (Lipinski definition) is 5. The summed E-state index contributed by atoms with van der Waals surface area (Å²) in [5, 5.41) is 7.39. The molecule has 0 fully saturated rings. The largest absolute Gasteiger partial charge is 0.463 e.